The van der Waals surface area contributed by atoms with Gasteiger partial charge in [0.2, 0.25) is 0 Å². The number of aromatic nitrogens is 2. The number of amides is 1. The van der Waals surface area contributed by atoms with Crippen LogP contribution in [0.3, 0.4) is 0 Å². The van der Waals surface area contributed by atoms with Gasteiger partial charge in [0.25, 0.3) is 5.91 Å². The second-order valence-electron chi connectivity index (χ2n) is 7.26. The van der Waals surface area contributed by atoms with Crippen LogP contribution in [0.1, 0.15) is 33.0 Å². The lowest BCUT2D eigenvalue weighted by Crippen LogP contribution is -2.28. The number of alkyl halides is 6. The Kier molecular flexibility index (Phi) is 7.18. The fourth-order valence-corrected chi connectivity index (χ4v) is 3.41. The predicted molar refractivity (Wildman–Crippen MR) is 111 cm³/mol. The monoisotopic (exact) mass is 503 g/mol. The van der Waals surface area contributed by atoms with Crippen molar-refractivity contribution in [3.63, 3.8) is 0 Å². The molecule has 1 amide bonds. The third kappa shape index (κ3) is 5.65. The van der Waals surface area contributed by atoms with Crippen LogP contribution in [0.5, 0.6) is 0 Å². The van der Waals surface area contributed by atoms with Gasteiger partial charge in [0, 0.05) is 35.9 Å². The molecule has 0 saturated carbocycles. The van der Waals surface area contributed by atoms with E-state index in [1.54, 1.807) is 24.3 Å². The minimum absolute atomic E-state index is 0.0127. The molecule has 1 heterocycles. The van der Waals surface area contributed by atoms with Crippen molar-refractivity contribution in [2.45, 2.75) is 25.5 Å². The van der Waals surface area contributed by atoms with E-state index in [0.717, 1.165) is 4.90 Å². The predicted octanol–water partition coefficient (Wildman–Crippen LogP) is 5.60. The molecule has 12 heteroatoms. The highest BCUT2D eigenvalue weighted by molar-refractivity contribution is 6.33. The third-order valence-corrected chi connectivity index (χ3v) is 5.09. The van der Waals surface area contributed by atoms with E-state index < -0.39 is 42.5 Å². The number of aliphatic hydroxyl groups is 1. The number of rotatable bonds is 5. The highest BCUT2D eigenvalue weighted by Crippen LogP contribution is 2.37. The summed E-state index contributed by atoms with van der Waals surface area (Å²) in [6.45, 7) is -1.18. The molecule has 0 radical (unpaired) electrons. The number of carbonyl (C=O) groups excluding carboxylic acids is 1. The largest absolute Gasteiger partial charge is 0.416 e. The average molecular weight is 504 g/mol. The number of carbonyl (C=O) groups is 1. The number of aliphatic hydroxyl groups excluding tert-OH is 1. The van der Waals surface area contributed by atoms with Crippen molar-refractivity contribution in [3.8, 4) is 11.1 Å². The van der Waals surface area contributed by atoms with E-state index in [9.17, 15) is 36.2 Å². The third-order valence-electron chi connectivity index (χ3n) is 4.76. The number of hydrogen-bond donors (Lipinski definition) is 1. The molecule has 0 fully saturated rings. The minimum atomic E-state index is -5.02. The molecule has 0 saturated heterocycles. The second kappa shape index (κ2) is 9.59. The van der Waals surface area contributed by atoms with E-state index in [1.807, 2.05) is 0 Å². The molecule has 0 spiro atoms. The number of benzene rings is 2. The Balaban J connectivity index is 2.02. The molecule has 1 N–H and O–H groups in total. The summed E-state index contributed by atoms with van der Waals surface area (Å²) in [7, 11) is 1.20. The van der Waals surface area contributed by atoms with Crippen molar-refractivity contribution < 1.29 is 36.2 Å². The maximum atomic E-state index is 13.2. The summed E-state index contributed by atoms with van der Waals surface area (Å²) in [6, 6.07) is 7.53. The average Bonchev–Trinajstić information content (AvgIpc) is 2.77. The molecule has 0 unspecified atom stereocenters. The zero-order valence-electron chi connectivity index (χ0n) is 17.4. The molecule has 34 heavy (non-hydrogen) atoms. The standard InChI is InChI=1S/C22H16ClF6N3O2/c1-32(10-12-6-13(21(24,25)26)8-14(7-12)22(27,28)29)20(34)19-16(9-30-18(11-33)31-19)15-4-2-3-5-17(15)23/h2-9,33H,10-11H2,1H3. The first-order valence-electron chi connectivity index (χ1n) is 9.56. The second-order valence-corrected chi connectivity index (χ2v) is 7.67. The summed E-state index contributed by atoms with van der Waals surface area (Å²) >= 11 is 6.20. The molecule has 0 aliphatic heterocycles. The van der Waals surface area contributed by atoms with Crippen molar-refractivity contribution in [3.05, 3.63) is 81.9 Å². The zero-order chi connectivity index (χ0) is 25.3. The van der Waals surface area contributed by atoms with E-state index in [1.165, 1.54) is 13.2 Å². The number of halogens is 7. The van der Waals surface area contributed by atoms with Gasteiger partial charge in [0.05, 0.1) is 11.1 Å². The Bertz CT molecular complexity index is 1180. The van der Waals surface area contributed by atoms with E-state index >= 15 is 0 Å². The van der Waals surface area contributed by atoms with Gasteiger partial charge < -0.3 is 10.0 Å². The van der Waals surface area contributed by atoms with Crippen molar-refractivity contribution in [2.75, 3.05) is 7.05 Å². The quantitative estimate of drug-likeness (QED) is 0.460. The molecule has 0 bridgehead atoms. The normalized spacial score (nSPS) is 12.0. The molecule has 180 valence electrons. The van der Waals surface area contributed by atoms with E-state index in [-0.39, 0.29) is 33.7 Å². The maximum absolute atomic E-state index is 13.2. The SMILES string of the molecule is CN(Cc1cc(C(F)(F)F)cc(C(F)(F)F)c1)C(=O)c1nc(CO)ncc1-c1ccccc1Cl. The van der Waals surface area contributed by atoms with Crippen molar-refractivity contribution in [1.82, 2.24) is 14.9 Å². The van der Waals surface area contributed by atoms with Gasteiger partial charge in [-0.3, -0.25) is 4.79 Å². The van der Waals surface area contributed by atoms with Gasteiger partial charge >= 0.3 is 12.4 Å². The highest BCUT2D eigenvalue weighted by atomic mass is 35.5. The first-order valence-corrected chi connectivity index (χ1v) is 9.94. The van der Waals surface area contributed by atoms with Gasteiger partial charge in [-0.1, -0.05) is 29.8 Å². The molecule has 3 aromatic rings. The Hall–Kier alpha value is -3.18. The summed E-state index contributed by atoms with van der Waals surface area (Å²) in [4.78, 5) is 22.0. The van der Waals surface area contributed by atoms with Gasteiger partial charge in [-0.25, -0.2) is 9.97 Å². The topological polar surface area (TPSA) is 66.3 Å². The lowest BCUT2D eigenvalue weighted by Gasteiger charge is -2.21. The van der Waals surface area contributed by atoms with Crippen molar-refractivity contribution in [2.24, 2.45) is 0 Å². The van der Waals surface area contributed by atoms with Gasteiger partial charge in [0.1, 0.15) is 12.3 Å². The zero-order valence-corrected chi connectivity index (χ0v) is 18.1. The number of nitrogens with zero attached hydrogens (tertiary/aromatic N) is 3. The van der Waals surface area contributed by atoms with Crippen LogP contribution in [0, 0.1) is 0 Å². The van der Waals surface area contributed by atoms with Crippen LogP contribution in [0.15, 0.2) is 48.7 Å². The molecular weight excluding hydrogens is 488 g/mol. The van der Waals surface area contributed by atoms with E-state index in [2.05, 4.69) is 9.97 Å². The Morgan fingerprint density at radius 1 is 1.00 bits per heavy atom. The summed E-state index contributed by atoms with van der Waals surface area (Å²) in [5, 5.41) is 9.61. The fourth-order valence-electron chi connectivity index (χ4n) is 3.17. The molecular formula is C22H16ClF6N3O2. The molecule has 3 rings (SSSR count). The Morgan fingerprint density at radius 2 is 1.59 bits per heavy atom. The fraction of sp³-hybridized carbons (Fsp3) is 0.227. The molecule has 0 atom stereocenters. The highest BCUT2D eigenvalue weighted by Gasteiger charge is 2.37. The maximum Gasteiger partial charge on any atom is 0.416 e. The lowest BCUT2D eigenvalue weighted by atomic mass is 10.0. The lowest BCUT2D eigenvalue weighted by molar-refractivity contribution is -0.143. The van der Waals surface area contributed by atoms with Crippen LogP contribution in [-0.4, -0.2) is 32.9 Å². The van der Waals surface area contributed by atoms with Crippen LogP contribution in [0.25, 0.3) is 11.1 Å². The number of hydrogen-bond acceptors (Lipinski definition) is 4. The first-order chi connectivity index (χ1) is 15.8. The minimum Gasteiger partial charge on any atom is -0.388 e. The molecule has 1 aromatic heterocycles. The summed E-state index contributed by atoms with van der Waals surface area (Å²) in [5.41, 5.74) is -3.02. The molecule has 0 aliphatic carbocycles. The molecule has 2 aromatic carbocycles. The van der Waals surface area contributed by atoms with E-state index in [4.69, 9.17) is 11.6 Å². The van der Waals surface area contributed by atoms with E-state index in [0.29, 0.717) is 17.7 Å². The van der Waals surface area contributed by atoms with Crippen LogP contribution in [0.2, 0.25) is 5.02 Å². The first kappa shape index (κ1) is 25.4. The smallest absolute Gasteiger partial charge is 0.388 e. The van der Waals surface area contributed by atoms with Gasteiger partial charge in [-0.2, -0.15) is 26.3 Å². The summed E-state index contributed by atoms with van der Waals surface area (Å²) in [5.74, 6) is -0.927. The summed E-state index contributed by atoms with van der Waals surface area (Å²) in [6.07, 6.45) is -8.77. The van der Waals surface area contributed by atoms with Gasteiger partial charge in [-0.05, 0) is 29.8 Å². The van der Waals surface area contributed by atoms with Gasteiger partial charge in [-0.15, -0.1) is 0 Å². The van der Waals surface area contributed by atoms with Crippen LogP contribution in [-0.2, 0) is 25.5 Å². The summed E-state index contributed by atoms with van der Waals surface area (Å²) < 4.78 is 78.9. The van der Waals surface area contributed by atoms with Crippen LogP contribution < -0.4 is 0 Å². The Labute approximate surface area is 194 Å². The Morgan fingerprint density at radius 3 is 2.12 bits per heavy atom. The van der Waals surface area contributed by atoms with Crippen LogP contribution >= 0.6 is 11.6 Å². The van der Waals surface area contributed by atoms with Crippen LogP contribution in [0.4, 0.5) is 26.3 Å². The van der Waals surface area contributed by atoms with Gasteiger partial charge in [0.15, 0.2) is 5.82 Å². The van der Waals surface area contributed by atoms with Crippen molar-refractivity contribution >= 4 is 17.5 Å². The van der Waals surface area contributed by atoms with Crippen molar-refractivity contribution in [1.29, 1.82) is 0 Å². The molecule has 0 aliphatic rings. The molecule has 5 nitrogen and oxygen atoms in total.